The summed E-state index contributed by atoms with van der Waals surface area (Å²) in [5.74, 6) is -1.15. The number of aliphatic hydroxyl groups is 1. The molecule has 0 heterocycles. The van der Waals surface area contributed by atoms with Crippen molar-refractivity contribution in [2.45, 2.75) is 40.3 Å². The van der Waals surface area contributed by atoms with Crippen molar-refractivity contribution in [2.24, 2.45) is 11.1 Å². The van der Waals surface area contributed by atoms with Crippen LogP contribution in [0.5, 0.6) is 5.75 Å². The van der Waals surface area contributed by atoms with Gasteiger partial charge in [-0.3, -0.25) is 10.2 Å². The minimum Gasteiger partial charge on any atom is -0.488 e. The standard InChI is InChI=1S/C29H33N3O5/c1-17-5-11-22(24(13-17)37-16-18-6-8-19(9-7-18)26(30)31)21-12-10-20(14-23(21)28(35)36)27(34)32-25(15-33)29(2,3)4/h5-14,25,33H,15-16H2,1-4H3,(H3,30,31)(H,32,34)(H,35,36). The molecule has 6 N–H and O–H groups in total. The van der Waals surface area contributed by atoms with Gasteiger partial charge in [0.05, 0.1) is 18.2 Å². The maximum atomic E-state index is 12.9. The summed E-state index contributed by atoms with van der Waals surface area (Å²) in [6.07, 6.45) is 0. The molecule has 3 aromatic carbocycles. The zero-order valence-electron chi connectivity index (χ0n) is 21.5. The molecule has 0 aliphatic heterocycles. The van der Waals surface area contributed by atoms with E-state index in [9.17, 15) is 19.8 Å². The molecule has 1 amide bonds. The van der Waals surface area contributed by atoms with Crippen LogP contribution in [0.1, 0.15) is 58.2 Å². The molecule has 3 rings (SSSR count). The van der Waals surface area contributed by atoms with Crippen LogP contribution in [-0.2, 0) is 6.61 Å². The van der Waals surface area contributed by atoms with Crippen molar-refractivity contribution in [3.05, 3.63) is 88.5 Å². The molecule has 194 valence electrons. The minimum absolute atomic E-state index is 0.0166. The predicted octanol–water partition coefficient (Wildman–Crippen LogP) is 4.36. The zero-order valence-corrected chi connectivity index (χ0v) is 21.5. The zero-order chi connectivity index (χ0) is 27.3. The normalized spacial score (nSPS) is 12.0. The first-order valence-corrected chi connectivity index (χ1v) is 11.9. The number of carboxylic acid groups (broad SMARTS) is 1. The third-order valence-corrected chi connectivity index (χ3v) is 6.13. The average Bonchev–Trinajstić information content (AvgIpc) is 2.85. The first kappa shape index (κ1) is 27.4. The van der Waals surface area contributed by atoms with E-state index in [4.69, 9.17) is 15.9 Å². The van der Waals surface area contributed by atoms with Crippen molar-refractivity contribution >= 4 is 17.7 Å². The highest BCUT2D eigenvalue weighted by atomic mass is 16.5. The average molecular weight is 504 g/mol. The number of nitrogens with one attached hydrogen (secondary N) is 2. The number of ether oxygens (including phenoxy) is 1. The number of nitrogen functional groups attached to an aromatic ring is 1. The van der Waals surface area contributed by atoms with Crippen LogP contribution in [0.2, 0.25) is 0 Å². The van der Waals surface area contributed by atoms with E-state index in [1.165, 1.54) is 6.07 Å². The van der Waals surface area contributed by atoms with Gasteiger partial charge in [0.15, 0.2) is 0 Å². The summed E-state index contributed by atoms with van der Waals surface area (Å²) in [6, 6.07) is 16.6. The van der Waals surface area contributed by atoms with Crippen molar-refractivity contribution in [3.8, 4) is 16.9 Å². The number of aryl methyl sites for hydroxylation is 1. The molecule has 1 unspecified atom stereocenters. The lowest BCUT2D eigenvalue weighted by Gasteiger charge is -2.29. The summed E-state index contributed by atoms with van der Waals surface area (Å²) < 4.78 is 6.09. The molecule has 0 bridgehead atoms. The van der Waals surface area contributed by atoms with E-state index in [2.05, 4.69) is 5.32 Å². The van der Waals surface area contributed by atoms with Crippen LogP contribution in [-0.4, -0.2) is 40.6 Å². The van der Waals surface area contributed by atoms with Crippen LogP contribution in [0.15, 0.2) is 60.7 Å². The molecule has 0 spiro atoms. The maximum absolute atomic E-state index is 12.9. The molecule has 3 aromatic rings. The molecule has 0 aliphatic carbocycles. The number of aromatic carboxylic acids is 1. The first-order chi connectivity index (χ1) is 17.4. The number of hydrogen-bond donors (Lipinski definition) is 5. The fourth-order valence-electron chi connectivity index (χ4n) is 3.79. The minimum atomic E-state index is -1.18. The number of carboxylic acids is 1. The predicted molar refractivity (Wildman–Crippen MR) is 143 cm³/mol. The summed E-state index contributed by atoms with van der Waals surface area (Å²) in [7, 11) is 0. The molecule has 37 heavy (non-hydrogen) atoms. The second-order valence-electron chi connectivity index (χ2n) is 10.0. The number of amidine groups is 1. The quantitative estimate of drug-likeness (QED) is 0.217. The molecular weight excluding hydrogens is 470 g/mol. The van der Waals surface area contributed by atoms with Gasteiger partial charge < -0.3 is 26.0 Å². The number of carbonyl (C=O) groups excluding carboxylic acids is 1. The molecule has 1 atom stereocenters. The third-order valence-electron chi connectivity index (χ3n) is 6.13. The van der Waals surface area contributed by atoms with Gasteiger partial charge in [0, 0.05) is 16.7 Å². The van der Waals surface area contributed by atoms with Crippen LogP contribution < -0.4 is 15.8 Å². The Bertz CT molecular complexity index is 1310. The first-order valence-electron chi connectivity index (χ1n) is 11.9. The lowest BCUT2D eigenvalue weighted by Crippen LogP contribution is -2.46. The number of aliphatic hydroxyl groups excluding tert-OH is 1. The number of rotatable bonds is 9. The second-order valence-corrected chi connectivity index (χ2v) is 10.0. The Labute approximate surface area is 216 Å². The van der Waals surface area contributed by atoms with E-state index < -0.39 is 17.9 Å². The number of carbonyl (C=O) groups is 2. The van der Waals surface area contributed by atoms with Crippen LogP contribution in [0.25, 0.3) is 11.1 Å². The number of nitrogens with two attached hydrogens (primary N) is 1. The van der Waals surface area contributed by atoms with Gasteiger partial charge in [-0.15, -0.1) is 0 Å². The van der Waals surface area contributed by atoms with Crippen molar-refractivity contribution in [1.82, 2.24) is 5.32 Å². The summed E-state index contributed by atoms with van der Waals surface area (Å²) in [5, 5.41) is 30.0. The van der Waals surface area contributed by atoms with Crippen molar-refractivity contribution in [3.63, 3.8) is 0 Å². The molecule has 0 fully saturated rings. The van der Waals surface area contributed by atoms with Crippen molar-refractivity contribution in [2.75, 3.05) is 6.61 Å². The Morgan fingerprint density at radius 2 is 1.62 bits per heavy atom. The summed E-state index contributed by atoms with van der Waals surface area (Å²) in [6.45, 7) is 7.60. The Balaban J connectivity index is 1.93. The smallest absolute Gasteiger partial charge is 0.336 e. The van der Waals surface area contributed by atoms with E-state index in [1.807, 2.05) is 52.0 Å². The molecule has 0 radical (unpaired) electrons. The van der Waals surface area contributed by atoms with Gasteiger partial charge in [-0.25, -0.2) is 4.79 Å². The molecule has 0 saturated heterocycles. The third kappa shape index (κ3) is 6.74. The highest BCUT2D eigenvalue weighted by molar-refractivity contribution is 6.02. The van der Waals surface area contributed by atoms with Crippen LogP contribution in [0.3, 0.4) is 0 Å². The lowest BCUT2D eigenvalue weighted by molar-refractivity contribution is 0.0697. The largest absolute Gasteiger partial charge is 0.488 e. The number of hydrogen-bond acceptors (Lipinski definition) is 5. The van der Waals surface area contributed by atoms with Crippen LogP contribution in [0.4, 0.5) is 0 Å². The Kier molecular flexibility index (Phi) is 8.35. The van der Waals surface area contributed by atoms with Gasteiger partial charge in [-0.1, -0.05) is 63.2 Å². The Hall–Kier alpha value is -4.17. The topological polar surface area (TPSA) is 146 Å². The van der Waals surface area contributed by atoms with E-state index in [1.54, 1.807) is 30.3 Å². The molecule has 0 aromatic heterocycles. The second kappa shape index (κ2) is 11.3. The summed E-state index contributed by atoms with van der Waals surface area (Å²) in [5.41, 5.74) is 8.70. The molecule has 0 aliphatic rings. The Morgan fingerprint density at radius 3 is 2.19 bits per heavy atom. The highest BCUT2D eigenvalue weighted by Crippen LogP contribution is 2.34. The molecule has 0 saturated carbocycles. The fraction of sp³-hybridized carbons (Fsp3) is 0.276. The SMILES string of the molecule is Cc1ccc(-c2ccc(C(=O)NC(CO)C(C)(C)C)cc2C(=O)O)c(OCc2ccc(C(=N)N)cc2)c1. The lowest BCUT2D eigenvalue weighted by atomic mass is 9.87. The van der Waals surface area contributed by atoms with Gasteiger partial charge in [0.25, 0.3) is 5.91 Å². The van der Waals surface area contributed by atoms with Gasteiger partial charge in [0.1, 0.15) is 18.2 Å². The van der Waals surface area contributed by atoms with Crippen LogP contribution >= 0.6 is 0 Å². The number of amides is 1. The van der Waals surface area contributed by atoms with Gasteiger partial charge in [0.2, 0.25) is 0 Å². The van der Waals surface area contributed by atoms with Crippen LogP contribution in [0, 0.1) is 17.7 Å². The Morgan fingerprint density at radius 1 is 1.00 bits per heavy atom. The summed E-state index contributed by atoms with van der Waals surface area (Å²) in [4.78, 5) is 25.1. The number of benzene rings is 3. The van der Waals surface area contributed by atoms with E-state index in [-0.39, 0.29) is 35.6 Å². The van der Waals surface area contributed by atoms with Gasteiger partial charge in [-0.2, -0.15) is 0 Å². The van der Waals surface area contributed by atoms with Gasteiger partial charge >= 0.3 is 5.97 Å². The summed E-state index contributed by atoms with van der Waals surface area (Å²) >= 11 is 0. The van der Waals surface area contributed by atoms with Gasteiger partial charge in [-0.05, 0) is 47.2 Å². The van der Waals surface area contributed by atoms with E-state index >= 15 is 0 Å². The highest BCUT2D eigenvalue weighted by Gasteiger charge is 2.26. The molecule has 8 heteroatoms. The monoisotopic (exact) mass is 503 g/mol. The molecule has 8 nitrogen and oxygen atoms in total. The van der Waals surface area contributed by atoms with E-state index in [0.29, 0.717) is 22.4 Å². The van der Waals surface area contributed by atoms with Crippen molar-refractivity contribution in [1.29, 1.82) is 5.41 Å². The van der Waals surface area contributed by atoms with Crippen molar-refractivity contribution < 1.29 is 24.5 Å². The fourth-order valence-corrected chi connectivity index (χ4v) is 3.79. The van der Waals surface area contributed by atoms with E-state index in [0.717, 1.165) is 11.1 Å². The maximum Gasteiger partial charge on any atom is 0.336 e. The molecular formula is C29H33N3O5.